The molecule has 1 atom stereocenters. The zero-order chi connectivity index (χ0) is 11.4. The van der Waals surface area contributed by atoms with E-state index in [1.807, 2.05) is 6.92 Å². The number of rotatable bonds is 4. The van der Waals surface area contributed by atoms with Gasteiger partial charge in [0.1, 0.15) is 5.82 Å². The molecule has 0 aliphatic carbocycles. The Bertz CT molecular complexity index is 368. The van der Waals surface area contributed by atoms with E-state index in [4.69, 9.17) is 5.73 Å². The van der Waals surface area contributed by atoms with Crippen LogP contribution in [0, 0.1) is 15.9 Å². The molecule has 1 aromatic rings. The van der Waals surface area contributed by atoms with Gasteiger partial charge in [-0.05, 0) is 12.5 Å². The maximum atomic E-state index is 13.3. The highest BCUT2D eigenvalue weighted by atomic mass is 19.1. The molecule has 1 aromatic carbocycles. The summed E-state index contributed by atoms with van der Waals surface area (Å²) in [5, 5.41) is 10.5. The lowest BCUT2D eigenvalue weighted by atomic mass is 10.0. The minimum Gasteiger partial charge on any atom is -0.324 e. The van der Waals surface area contributed by atoms with Gasteiger partial charge in [-0.15, -0.1) is 0 Å². The molecule has 15 heavy (non-hydrogen) atoms. The van der Waals surface area contributed by atoms with E-state index >= 15 is 0 Å². The zero-order valence-electron chi connectivity index (χ0n) is 8.44. The minimum absolute atomic E-state index is 0.127. The van der Waals surface area contributed by atoms with Gasteiger partial charge in [0.15, 0.2) is 0 Å². The summed E-state index contributed by atoms with van der Waals surface area (Å²) in [5.41, 5.74) is 5.80. The Hall–Kier alpha value is -1.49. The van der Waals surface area contributed by atoms with Crippen molar-refractivity contribution in [3.8, 4) is 0 Å². The van der Waals surface area contributed by atoms with E-state index in [0.717, 1.165) is 18.6 Å². The fraction of sp³-hybridized carbons (Fsp3) is 0.400. The molecular formula is C10H13FN2O2. The molecular weight excluding hydrogens is 199 g/mol. The van der Waals surface area contributed by atoms with E-state index in [1.54, 1.807) is 0 Å². The highest BCUT2D eigenvalue weighted by Crippen LogP contribution is 2.23. The van der Waals surface area contributed by atoms with Gasteiger partial charge in [0.25, 0.3) is 5.69 Å². The van der Waals surface area contributed by atoms with Crippen molar-refractivity contribution in [1.29, 1.82) is 0 Å². The molecule has 82 valence electrons. The third-order valence-electron chi connectivity index (χ3n) is 2.19. The minimum atomic E-state index is -0.554. The Morgan fingerprint density at radius 1 is 1.60 bits per heavy atom. The van der Waals surface area contributed by atoms with Gasteiger partial charge in [-0.3, -0.25) is 10.1 Å². The first-order valence-electron chi connectivity index (χ1n) is 4.75. The molecule has 1 rings (SSSR count). The van der Waals surface area contributed by atoms with Gasteiger partial charge < -0.3 is 5.73 Å². The largest absolute Gasteiger partial charge is 0.324 e. The summed E-state index contributed by atoms with van der Waals surface area (Å²) in [6, 6.07) is 2.95. The molecule has 0 saturated carbocycles. The van der Waals surface area contributed by atoms with Crippen LogP contribution in [0.15, 0.2) is 18.2 Å². The molecule has 0 heterocycles. The quantitative estimate of drug-likeness (QED) is 0.615. The van der Waals surface area contributed by atoms with Crippen LogP contribution in [0.3, 0.4) is 0 Å². The van der Waals surface area contributed by atoms with Crippen molar-refractivity contribution >= 4 is 5.69 Å². The summed E-state index contributed by atoms with van der Waals surface area (Å²) in [6.07, 6.45) is 1.42. The normalized spacial score (nSPS) is 12.5. The fourth-order valence-electron chi connectivity index (χ4n) is 1.40. The Kier molecular flexibility index (Phi) is 3.74. The monoisotopic (exact) mass is 212 g/mol. The lowest BCUT2D eigenvalue weighted by Gasteiger charge is -2.11. The first kappa shape index (κ1) is 11.6. The third-order valence-corrected chi connectivity index (χ3v) is 2.19. The smallest absolute Gasteiger partial charge is 0.269 e. The van der Waals surface area contributed by atoms with Gasteiger partial charge in [0.05, 0.1) is 4.92 Å². The van der Waals surface area contributed by atoms with E-state index < -0.39 is 16.8 Å². The lowest BCUT2D eigenvalue weighted by molar-refractivity contribution is -0.385. The van der Waals surface area contributed by atoms with Crippen molar-refractivity contribution in [2.75, 3.05) is 0 Å². The molecule has 0 saturated heterocycles. The van der Waals surface area contributed by atoms with Crippen LogP contribution in [0.25, 0.3) is 0 Å². The second-order valence-corrected chi connectivity index (χ2v) is 3.36. The second kappa shape index (κ2) is 4.84. The number of hydrogen-bond acceptors (Lipinski definition) is 3. The van der Waals surface area contributed by atoms with Crippen LogP contribution >= 0.6 is 0 Å². The van der Waals surface area contributed by atoms with E-state index in [0.29, 0.717) is 6.42 Å². The van der Waals surface area contributed by atoms with Crippen LogP contribution in [0.2, 0.25) is 0 Å². The predicted molar refractivity (Wildman–Crippen MR) is 54.9 cm³/mol. The van der Waals surface area contributed by atoms with E-state index in [-0.39, 0.29) is 11.3 Å². The summed E-state index contributed by atoms with van der Waals surface area (Å²) in [4.78, 5) is 9.93. The molecule has 4 nitrogen and oxygen atoms in total. The number of halogens is 1. The highest BCUT2D eigenvalue weighted by molar-refractivity contribution is 5.36. The molecule has 0 fully saturated rings. The van der Waals surface area contributed by atoms with Gasteiger partial charge in [-0.1, -0.05) is 13.3 Å². The SMILES string of the molecule is CCC[C@H](N)c1cc([N+](=O)[O-])ccc1F. The Balaban J connectivity index is 3.04. The van der Waals surface area contributed by atoms with Gasteiger partial charge in [0, 0.05) is 23.7 Å². The van der Waals surface area contributed by atoms with Crippen molar-refractivity contribution in [2.24, 2.45) is 5.73 Å². The van der Waals surface area contributed by atoms with Crippen LogP contribution < -0.4 is 5.73 Å². The van der Waals surface area contributed by atoms with E-state index in [2.05, 4.69) is 0 Å². The number of nitrogens with zero attached hydrogens (tertiary/aromatic N) is 1. The fourth-order valence-corrected chi connectivity index (χ4v) is 1.40. The summed E-state index contributed by atoms with van der Waals surface area (Å²) in [6.45, 7) is 1.93. The molecule has 2 N–H and O–H groups in total. The van der Waals surface area contributed by atoms with Crippen molar-refractivity contribution in [3.63, 3.8) is 0 Å². The second-order valence-electron chi connectivity index (χ2n) is 3.36. The molecule has 0 spiro atoms. The number of nitrogens with two attached hydrogens (primary N) is 1. The third kappa shape index (κ3) is 2.73. The maximum absolute atomic E-state index is 13.3. The molecule has 0 aliphatic rings. The Morgan fingerprint density at radius 2 is 2.27 bits per heavy atom. The number of nitro benzene ring substituents is 1. The number of hydrogen-bond donors (Lipinski definition) is 1. The standard InChI is InChI=1S/C10H13FN2O2/c1-2-3-10(12)8-6-7(13(14)15)4-5-9(8)11/h4-6,10H,2-3,12H2,1H3/t10-/m0/s1. The van der Waals surface area contributed by atoms with Crippen LogP contribution in [0.5, 0.6) is 0 Å². The zero-order valence-corrected chi connectivity index (χ0v) is 8.44. The summed E-state index contributed by atoms with van der Waals surface area (Å²) < 4.78 is 13.3. The van der Waals surface area contributed by atoms with Crippen molar-refractivity contribution in [1.82, 2.24) is 0 Å². The van der Waals surface area contributed by atoms with Crippen molar-refractivity contribution in [2.45, 2.75) is 25.8 Å². The number of benzene rings is 1. The lowest BCUT2D eigenvalue weighted by Crippen LogP contribution is -2.12. The first-order chi connectivity index (χ1) is 7.06. The molecule has 0 aromatic heterocycles. The maximum Gasteiger partial charge on any atom is 0.269 e. The Morgan fingerprint density at radius 3 is 2.80 bits per heavy atom. The average Bonchev–Trinajstić information content (AvgIpc) is 2.18. The molecule has 0 aliphatic heterocycles. The van der Waals surface area contributed by atoms with E-state index in [9.17, 15) is 14.5 Å². The predicted octanol–water partition coefficient (Wildman–Crippen LogP) is 2.53. The Labute approximate surface area is 87.0 Å². The van der Waals surface area contributed by atoms with Crippen LogP contribution in [-0.4, -0.2) is 4.92 Å². The van der Waals surface area contributed by atoms with Gasteiger partial charge in [-0.2, -0.15) is 0 Å². The summed E-state index contributed by atoms with van der Waals surface area (Å²) in [5.74, 6) is -0.485. The first-order valence-corrected chi connectivity index (χ1v) is 4.75. The molecule has 0 unspecified atom stereocenters. The summed E-state index contributed by atoms with van der Waals surface area (Å²) >= 11 is 0. The number of non-ortho nitro benzene ring substituents is 1. The molecule has 0 bridgehead atoms. The summed E-state index contributed by atoms with van der Waals surface area (Å²) in [7, 11) is 0. The van der Waals surface area contributed by atoms with Crippen LogP contribution in [0.4, 0.5) is 10.1 Å². The topological polar surface area (TPSA) is 69.2 Å². The van der Waals surface area contributed by atoms with Crippen LogP contribution in [0.1, 0.15) is 31.4 Å². The van der Waals surface area contributed by atoms with Crippen molar-refractivity contribution in [3.05, 3.63) is 39.7 Å². The van der Waals surface area contributed by atoms with E-state index in [1.165, 1.54) is 6.07 Å². The molecule has 5 heteroatoms. The number of nitro groups is 1. The molecule has 0 radical (unpaired) electrons. The van der Waals surface area contributed by atoms with Crippen molar-refractivity contribution < 1.29 is 9.31 Å². The molecule has 0 amide bonds. The van der Waals surface area contributed by atoms with Gasteiger partial charge in [0.2, 0.25) is 0 Å². The van der Waals surface area contributed by atoms with Gasteiger partial charge >= 0.3 is 0 Å². The van der Waals surface area contributed by atoms with Crippen LogP contribution in [-0.2, 0) is 0 Å². The van der Waals surface area contributed by atoms with Gasteiger partial charge in [-0.25, -0.2) is 4.39 Å². The average molecular weight is 212 g/mol. The highest BCUT2D eigenvalue weighted by Gasteiger charge is 2.15.